The van der Waals surface area contributed by atoms with Crippen LogP contribution in [-0.2, 0) is 6.61 Å². The van der Waals surface area contributed by atoms with Crippen LogP contribution < -0.4 is 14.4 Å². The number of benzene rings is 2. The van der Waals surface area contributed by atoms with Gasteiger partial charge in [0.1, 0.15) is 23.9 Å². The predicted octanol–water partition coefficient (Wildman–Crippen LogP) is 4.11. The molecule has 2 heterocycles. The molecule has 6 nitrogen and oxygen atoms in total. The molecule has 0 saturated carbocycles. The lowest BCUT2D eigenvalue weighted by Crippen LogP contribution is -2.48. The molecule has 4 rings (SSSR count). The fraction of sp³-hybridized carbons (Fsp3) is 0.261. The Balaban J connectivity index is 1.34. The molecule has 0 bridgehead atoms. The topological polar surface area (TPSA) is 55.2 Å². The smallest absolute Gasteiger partial charge is 0.289 e. The van der Waals surface area contributed by atoms with Crippen LogP contribution in [0.2, 0.25) is 0 Å². The zero-order valence-electron chi connectivity index (χ0n) is 17.0. The van der Waals surface area contributed by atoms with E-state index in [1.54, 1.807) is 24.1 Å². The second-order valence-corrected chi connectivity index (χ2v) is 7.08. The van der Waals surface area contributed by atoms with E-state index in [2.05, 4.69) is 4.90 Å². The minimum atomic E-state index is -0.796. The molecule has 1 amide bonds. The van der Waals surface area contributed by atoms with Gasteiger partial charge in [-0.05, 0) is 36.4 Å². The van der Waals surface area contributed by atoms with Crippen molar-refractivity contribution < 1.29 is 27.5 Å². The van der Waals surface area contributed by atoms with Gasteiger partial charge in [0.05, 0.1) is 12.8 Å². The zero-order valence-corrected chi connectivity index (χ0v) is 17.0. The van der Waals surface area contributed by atoms with E-state index in [0.29, 0.717) is 31.9 Å². The number of halogens is 2. The molecule has 1 fully saturated rings. The van der Waals surface area contributed by atoms with Crippen molar-refractivity contribution in [3.05, 3.63) is 77.8 Å². The van der Waals surface area contributed by atoms with Crippen LogP contribution in [0.4, 0.5) is 14.5 Å². The fourth-order valence-electron chi connectivity index (χ4n) is 3.51. The lowest BCUT2D eigenvalue weighted by Gasteiger charge is -2.36. The van der Waals surface area contributed by atoms with Crippen molar-refractivity contribution in [2.24, 2.45) is 0 Å². The van der Waals surface area contributed by atoms with E-state index in [1.165, 1.54) is 6.07 Å². The van der Waals surface area contributed by atoms with Crippen LogP contribution in [0.3, 0.4) is 0 Å². The highest BCUT2D eigenvalue weighted by molar-refractivity contribution is 5.91. The second kappa shape index (κ2) is 9.07. The van der Waals surface area contributed by atoms with E-state index in [-0.39, 0.29) is 24.0 Å². The second-order valence-electron chi connectivity index (χ2n) is 7.08. The minimum absolute atomic E-state index is 0.0720. The van der Waals surface area contributed by atoms with Gasteiger partial charge in [0, 0.05) is 32.2 Å². The van der Waals surface area contributed by atoms with Crippen molar-refractivity contribution in [3.63, 3.8) is 0 Å². The molecule has 0 atom stereocenters. The van der Waals surface area contributed by atoms with Gasteiger partial charge >= 0.3 is 0 Å². The van der Waals surface area contributed by atoms with Crippen LogP contribution in [-0.4, -0.2) is 44.1 Å². The Bertz CT molecular complexity index is 1060. The number of hydrogen-bond donors (Lipinski definition) is 0. The van der Waals surface area contributed by atoms with Crippen LogP contribution in [0.1, 0.15) is 16.3 Å². The standard InChI is InChI=1S/C23H22F2N2O4/c1-29-21-5-3-2-4-19(21)26-10-12-27(13-11-26)23(28)22-9-7-17(31-22)15-30-20-8-6-16(24)14-18(20)25/h2-9,14H,10-13,15H2,1H3. The summed E-state index contributed by atoms with van der Waals surface area (Å²) in [7, 11) is 1.64. The molecule has 0 spiro atoms. The molecule has 3 aromatic rings. The third kappa shape index (κ3) is 4.63. The van der Waals surface area contributed by atoms with Gasteiger partial charge in [-0.2, -0.15) is 0 Å². The molecule has 1 saturated heterocycles. The van der Waals surface area contributed by atoms with E-state index in [0.717, 1.165) is 23.6 Å². The molecule has 2 aromatic carbocycles. The maximum absolute atomic E-state index is 13.7. The highest BCUT2D eigenvalue weighted by Gasteiger charge is 2.25. The molecule has 0 N–H and O–H groups in total. The number of hydrogen-bond acceptors (Lipinski definition) is 5. The normalized spacial score (nSPS) is 13.9. The Morgan fingerprint density at radius 1 is 1.00 bits per heavy atom. The lowest BCUT2D eigenvalue weighted by molar-refractivity contribution is 0.0710. The number of piperazine rings is 1. The molecule has 0 aliphatic carbocycles. The Hall–Kier alpha value is -3.55. The molecular formula is C23H22F2N2O4. The predicted molar refractivity (Wildman–Crippen MR) is 111 cm³/mol. The van der Waals surface area contributed by atoms with Gasteiger partial charge in [-0.15, -0.1) is 0 Å². The number of para-hydroxylation sites is 2. The number of rotatable bonds is 6. The maximum atomic E-state index is 13.7. The summed E-state index contributed by atoms with van der Waals surface area (Å²) in [6.07, 6.45) is 0. The quantitative estimate of drug-likeness (QED) is 0.592. The Kier molecular flexibility index (Phi) is 6.06. The number of furan rings is 1. The van der Waals surface area contributed by atoms with Crippen molar-refractivity contribution >= 4 is 11.6 Å². The van der Waals surface area contributed by atoms with Gasteiger partial charge in [-0.3, -0.25) is 4.79 Å². The number of methoxy groups -OCH3 is 1. The minimum Gasteiger partial charge on any atom is -0.495 e. The van der Waals surface area contributed by atoms with Crippen LogP contribution >= 0.6 is 0 Å². The third-order valence-electron chi connectivity index (χ3n) is 5.13. The first-order valence-corrected chi connectivity index (χ1v) is 9.89. The first-order chi connectivity index (χ1) is 15.0. The molecule has 1 aromatic heterocycles. The van der Waals surface area contributed by atoms with Gasteiger partial charge in [0.15, 0.2) is 17.3 Å². The zero-order chi connectivity index (χ0) is 21.8. The number of carbonyl (C=O) groups excluding carboxylic acids is 1. The van der Waals surface area contributed by atoms with Gasteiger partial charge < -0.3 is 23.7 Å². The third-order valence-corrected chi connectivity index (χ3v) is 5.13. The average molecular weight is 428 g/mol. The van der Waals surface area contributed by atoms with Gasteiger partial charge in [0.25, 0.3) is 5.91 Å². The van der Waals surface area contributed by atoms with E-state index in [1.807, 2.05) is 24.3 Å². The Morgan fingerprint density at radius 2 is 1.77 bits per heavy atom. The summed E-state index contributed by atoms with van der Waals surface area (Å²) in [6, 6.07) is 14.0. The molecule has 0 unspecified atom stereocenters. The van der Waals surface area contributed by atoms with Crippen molar-refractivity contribution in [2.45, 2.75) is 6.61 Å². The molecule has 8 heteroatoms. The SMILES string of the molecule is COc1ccccc1N1CCN(C(=O)c2ccc(COc3ccc(F)cc3F)o2)CC1. The summed E-state index contributed by atoms with van der Waals surface area (Å²) in [5, 5.41) is 0. The largest absolute Gasteiger partial charge is 0.495 e. The van der Waals surface area contributed by atoms with Crippen LogP contribution in [0, 0.1) is 11.6 Å². The van der Waals surface area contributed by atoms with Crippen molar-refractivity contribution in [3.8, 4) is 11.5 Å². The summed E-state index contributed by atoms with van der Waals surface area (Å²) in [5.74, 6) is -0.395. The van der Waals surface area contributed by atoms with E-state index in [4.69, 9.17) is 13.9 Å². The summed E-state index contributed by atoms with van der Waals surface area (Å²) < 4.78 is 43.0. The van der Waals surface area contributed by atoms with Gasteiger partial charge in [-0.25, -0.2) is 8.78 Å². The van der Waals surface area contributed by atoms with Crippen molar-refractivity contribution in [1.29, 1.82) is 0 Å². The summed E-state index contributed by atoms with van der Waals surface area (Å²) in [5.41, 5.74) is 1.00. The lowest BCUT2D eigenvalue weighted by atomic mass is 10.2. The van der Waals surface area contributed by atoms with E-state index < -0.39 is 11.6 Å². The van der Waals surface area contributed by atoms with Gasteiger partial charge in [-0.1, -0.05) is 12.1 Å². The highest BCUT2D eigenvalue weighted by Crippen LogP contribution is 2.28. The number of anilines is 1. The van der Waals surface area contributed by atoms with Crippen molar-refractivity contribution in [1.82, 2.24) is 4.90 Å². The summed E-state index contributed by atoms with van der Waals surface area (Å²) in [4.78, 5) is 16.7. The molecule has 0 radical (unpaired) electrons. The van der Waals surface area contributed by atoms with Crippen molar-refractivity contribution in [2.75, 3.05) is 38.2 Å². The number of ether oxygens (including phenoxy) is 2. The highest BCUT2D eigenvalue weighted by atomic mass is 19.1. The fourth-order valence-corrected chi connectivity index (χ4v) is 3.51. The molecule has 1 aliphatic heterocycles. The molecule has 31 heavy (non-hydrogen) atoms. The molecule has 1 aliphatic rings. The van der Waals surface area contributed by atoms with Crippen LogP contribution in [0.5, 0.6) is 11.5 Å². The maximum Gasteiger partial charge on any atom is 0.289 e. The van der Waals surface area contributed by atoms with Gasteiger partial charge in [0.2, 0.25) is 0 Å². The first-order valence-electron chi connectivity index (χ1n) is 9.89. The summed E-state index contributed by atoms with van der Waals surface area (Å²) >= 11 is 0. The Labute approximate surface area is 178 Å². The van der Waals surface area contributed by atoms with E-state index >= 15 is 0 Å². The van der Waals surface area contributed by atoms with E-state index in [9.17, 15) is 13.6 Å². The van der Waals surface area contributed by atoms with Crippen LogP contribution in [0.15, 0.2) is 59.0 Å². The average Bonchev–Trinajstić information content (AvgIpc) is 3.27. The molecule has 162 valence electrons. The Morgan fingerprint density at radius 3 is 2.52 bits per heavy atom. The van der Waals surface area contributed by atoms with Crippen LogP contribution in [0.25, 0.3) is 0 Å². The number of carbonyl (C=O) groups is 1. The first kappa shape index (κ1) is 20.7. The monoisotopic (exact) mass is 428 g/mol. The number of nitrogens with zero attached hydrogens (tertiary/aromatic N) is 2. The molecular weight excluding hydrogens is 406 g/mol. The number of amides is 1. The summed E-state index contributed by atoms with van der Waals surface area (Å²) in [6.45, 7) is 2.37.